The molecule has 2 rings (SSSR count). The summed E-state index contributed by atoms with van der Waals surface area (Å²) in [6, 6.07) is 6.00. The lowest BCUT2D eigenvalue weighted by Gasteiger charge is -2.11. The molecule has 0 unspecified atom stereocenters. The second kappa shape index (κ2) is 5.39. The maximum absolute atomic E-state index is 12.3. The van der Waals surface area contributed by atoms with E-state index in [0.29, 0.717) is 6.54 Å². The van der Waals surface area contributed by atoms with Crippen LogP contribution in [0.1, 0.15) is 40.5 Å². The predicted octanol–water partition coefficient (Wildman–Crippen LogP) is 3.30. The highest BCUT2D eigenvalue weighted by Crippen LogP contribution is 2.23. The molecular weight excluding hydrogens is 236 g/mol. The van der Waals surface area contributed by atoms with E-state index >= 15 is 0 Å². The molecule has 19 heavy (non-hydrogen) atoms. The van der Waals surface area contributed by atoms with Crippen LogP contribution >= 0.6 is 0 Å². The first-order valence-corrected chi connectivity index (χ1v) is 6.69. The van der Waals surface area contributed by atoms with Crippen molar-refractivity contribution in [1.82, 2.24) is 10.3 Å². The summed E-state index contributed by atoms with van der Waals surface area (Å²) < 4.78 is 0. The van der Waals surface area contributed by atoms with E-state index < -0.39 is 0 Å². The van der Waals surface area contributed by atoms with Crippen molar-refractivity contribution in [3.8, 4) is 0 Å². The second-order valence-corrected chi connectivity index (χ2v) is 5.05. The fourth-order valence-electron chi connectivity index (χ4n) is 2.33. The van der Waals surface area contributed by atoms with Crippen LogP contribution in [0.25, 0.3) is 10.9 Å². The number of carbonyl (C=O) groups excluding carboxylic acids is 1. The Morgan fingerprint density at radius 1 is 1.21 bits per heavy atom. The van der Waals surface area contributed by atoms with Gasteiger partial charge in [0.05, 0.1) is 11.1 Å². The maximum Gasteiger partial charge on any atom is 0.252 e. The molecule has 0 bridgehead atoms. The summed E-state index contributed by atoms with van der Waals surface area (Å²) in [6.07, 6.45) is 0.936. The van der Waals surface area contributed by atoms with Crippen LogP contribution in [-0.2, 0) is 0 Å². The Bertz CT molecular complexity index is 632. The molecule has 3 nitrogen and oxygen atoms in total. The molecule has 100 valence electrons. The number of aromatic nitrogens is 1. The number of benzene rings is 1. The van der Waals surface area contributed by atoms with E-state index in [1.807, 2.05) is 39.8 Å². The fourth-order valence-corrected chi connectivity index (χ4v) is 2.33. The van der Waals surface area contributed by atoms with E-state index in [1.54, 1.807) is 0 Å². The largest absolute Gasteiger partial charge is 0.352 e. The number of nitrogens with one attached hydrogen (secondary N) is 1. The van der Waals surface area contributed by atoms with Crippen LogP contribution < -0.4 is 5.32 Å². The average Bonchev–Trinajstić information content (AvgIpc) is 2.36. The van der Waals surface area contributed by atoms with Gasteiger partial charge in [-0.25, -0.2) is 0 Å². The zero-order valence-electron chi connectivity index (χ0n) is 12.0. The number of hydrogen-bond donors (Lipinski definition) is 1. The van der Waals surface area contributed by atoms with Gasteiger partial charge in [-0.05, 0) is 44.9 Å². The first-order valence-electron chi connectivity index (χ1n) is 6.69. The molecule has 0 aliphatic carbocycles. The van der Waals surface area contributed by atoms with Crippen LogP contribution in [-0.4, -0.2) is 17.4 Å². The molecule has 3 heteroatoms. The van der Waals surface area contributed by atoms with Crippen LogP contribution in [0.15, 0.2) is 18.2 Å². The topological polar surface area (TPSA) is 42.0 Å². The van der Waals surface area contributed by atoms with E-state index in [2.05, 4.69) is 16.4 Å². The van der Waals surface area contributed by atoms with E-state index in [-0.39, 0.29) is 5.91 Å². The summed E-state index contributed by atoms with van der Waals surface area (Å²) in [5.41, 5.74) is 4.79. The molecule has 0 saturated carbocycles. The standard InChI is InChI=1S/C16H20N2O/c1-5-6-17-16(19)14-9-12(4)18-15-11(3)7-10(2)8-13(14)15/h7-9H,5-6H2,1-4H3,(H,17,19). The molecule has 0 atom stereocenters. The average molecular weight is 256 g/mol. The van der Waals surface area contributed by atoms with Gasteiger partial charge in [-0.15, -0.1) is 0 Å². The van der Waals surface area contributed by atoms with E-state index in [0.717, 1.165) is 39.7 Å². The van der Waals surface area contributed by atoms with Crippen molar-refractivity contribution in [2.75, 3.05) is 6.54 Å². The summed E-state index contributed by atoms with van der Waals surface area (Å²) in [7, 11) is 0. The number of fused-ring (bicyclic) bond motifs is 1. The van der Waals surface area contributed by atoms with Crippen molar-refractivity contribution in [3.05, 3.63) is 40.6 Å². The van der Waals surface area contributed by atoms with Gasteiger partial charge < -0.3 is 5.32 Å². The lowest BCUT2D eigenvalue weighted by molar-refractivity contribution is 0.0955. The minimum Gasteiger partial charge on any atom is -0.352 e. The smallest absolute Gasteiger partial charge is 0.252 e. The number of nitrogens with zero attached hydrogens (tertiary/aromatic N) is 1. The van der Waals surface area contributed by atoms with E-state index in [9.17, 15) is 4.79 Å². The Balaban J connectivity index is 2.62. The minimum absolute atomic E-state index is 0.0117. The van der Waals surface area contributed by atoms with E-state index in [4.69, 9.17) is 0 Å². The van der Waals surface area contributed by atoms with Crippen LogP contribution in [0, 0.1) is 20.8 Å². The molecule has 0 aliphatic heterocycles. The van der Waals surface area contributed by atoms with Gasteiger partial charge in [0.25, 0.3) is 5.91 Å². The summed E-state index contributed by atoms with van der Waals surface area (Å²) in [5, 5.41) is 3.88. The number of rotatable bonds is 3. The van der Waals surface area contributed by atoms with Crippen LogP contribution in [0.3, 0.4) is 0 Å². The van der Waals surface area contributed by atoms with Crippen molar-refractivity contribution in [3.63, 3.8) is 0 Å². The molecule has 0 fully saturated rings. The highest BCUT2D eigenvalue weighted by atomic mass is 16.1. The third-order valence-electron chi connectivity index (χ3n) is 3.16. The molecule has 0 radical (unpaired) electrons. The van der Waals surface area contributed by atoms with Crippen LogP contribution in [0.2, 0.25) is 0 Å². The quantitative estimate of drug-likeness (QED) is 0.915. The molecule has 0 saturated heterocycles. The predicted molar refractivity (Wildman–Crippen MR) is 78.6 cm³/mol. The Morgan fingerprint density at radius 3 is 2.63 bits per heavy atom. The van der Waals surface area contributed by atoms with Gasteiger partial charge in [0, 0.05) is 17.6 Å². The maximum atomic E-state index is 12.3. The van der Waals surface area contributed by atoms with Crippen LogP contribution in [0.5, 0.6) is 0 Å². The van der Waals surface area contributed by atoms with Crippen molar-refractivity contribution >= 4 is 16.8 Å². The zero-order chi connectivity index (χ0) is 14.0. The lowest BCUT2D eigenvalue weighted by atomic mass is 10.0. The number of hydrogen-bond acceptors (Lipinski definition) is 2. The molecular formula is C16H20N2O. The molecule has 0 spiro atoms. The summed E-state index contributed by atoms with van der Waals surface area (Å²) in [4.78, 5) is 16.8. The fraction of sp³-hybridized carbons (Fsp3) is 0.375. The molecule has 1 N–H and O–H groups in total. The number of carbonyl (C=O) groups is 1. The van der Waals surface area contributed by atoms with Crippen molar-refractivity contribution in [1.29, 1.82) is 0 Å². The Kier molecular flexibility index (Phi) is 3.84. The van der Waals surface area contributed by atoms with Gasteiger partial charge in [-0.1, -0.05) is 18.6 Å². The summed E-state index contributed by atoms with van der Waals surface area (Å²) in [6.45, 7) is 8.75. The molecule has 1 heterocycles. The molecule has 1 amide bonds. The number of pyridine rings is 1. The molecule has 2 aromatic rings. The zero-order valence-corrected chi connectivity index (χ0v) is 12.0. The van der Waals surface area contributed by atoms with Crippen molar-refractivity contribution in [2.45, 2.75) is 34.1 Å². The normalized spacial score (nSPS) is 10.7. The number of amides is 1. The first-order chi connectivity index (χ1) is 9.02. The van der Waals surface area contributed by atoms with Crippen molar-refractivity contribution in [2.24, 2.45) is 0 Å². The highest BCUT2D eigenvalue weighted by molar-refractivity contribution is 6.07. The van der Waals surface area contributed by atoms with Gasteiger partial charge in [0.2, 0.25) is 0 Å². The van der Waals surface area contributed by atoms with Crippen molar-refractivity contribution < 1.29 is 4.79 Å². The highest BCUT2D eigenvalue weighted by Gasteiger charge is 2.13. The van der Waals surface area contributed by atoms with E-state index in [1.165, 1.54) is 0 Å². The summed E-state index contributed by atoms with van der Waals surface area (Å²) >= 11 is 0. The molecule has 1 aromatic heterocycles. The Hall–Kier alpha value is -1.90. The molecule has 0 aliphatic rings. The van der Waals surface area contributed by atoms with Gasteiger partial charge in [0.15, 0.2) is 0 Å². The third kappa shape index (κ3) is 2.75. The number of aryl methyl sites for hydroxylation is 3. The Labute approximate surface area is 114 Å². The monoisotopic (exact) mass is 256 g/mol. The van der Waals surface area contributed by atoms with Gasteiger partial charge in [-0.3, -0.25) is 9.78 Å². The second-order valence-electron chi connectivity index (χ2n) is 5.05. The lowest BCUT2D eigenvalue weighted by Crippen LogP contribution is -2.24. The minimum atomic E-state index is -0.0117. The molecule has 1 aromatic carbocycles. The SMILES string of the molecule is CCCNC(=O)c1cc(C)nc2c(C)cc(C)cc12. The van der Waals surface area contributed by atoms with Gasteiger partial charge >= 0.3 is 0 Å². The summed E-state index contributed by atoms with van der Waals surface area (Å²) in [5.74, 6) is -0.0117. The van der Waals surface area contributed by atoms with Gasteiger partial charge in [0.1, 0.15) is 0 Å². The van der Waals surface area contributed by atoms with Gasteiger partial charge in [-0.2, -0.15) is 0 Å². The van der Waals surface area contributed by atoms with Crippen LogP contribution in [0.4, 0.5) is 0 Å². The third-order valence-corrected chi connectivity index (χ3v) is 3.16. The first kappa shape index (κ1) is 13.5. The Morgan fingerprint density at radius 2 is 1.95 bits per heavy atom.